The Bertz CT molecular complexity index is 918. The van der Waals surface area contributed by atoms with Crippen molar-refractivity contribution in [3.63, 3.8) is 0 Å². The fourth-order valence-corrected chi connectivity index (χ4v) is 3.49. The number of amides is 1. The number of aliphatic imine (C=N–C) groups is 1. The number of halogens is 1. The number of anilines is 1. The van der Waals surface area contributed by atoms with E-state index in [1.807, 2.05) is 43.0 Å². The minimum Gasteiger partial charge on any atom is -0.352 e. The maximum atomic E-state index is 14.0. The number of hydrogen-bond acceptors (Lipinski definition) is 4. The molecular weight excluding hydrogens is 395 g/mol. The lowest BCUT2D eigenvalue weighted by molar-refractivity contribution is 0.0939. The smallest absolute Gasteiger partial charge is 0.251 e. The quantitative estimate of drug-likeness (QED) is 0.469. The predicted octanol–water partition coefficient (Wildman–Crippen LogP) is 2.69. The molecule has 1 fully saturated rings. The summed E-state index contributed by atoms with van der Waals surface area (Å²) < 4.78 is 14.0. The summed E-state index contributed by atoms with van der Waals surface area (Å²) in [5.74, 6) is 0.694. The highest BCUT2D eigenvalue weighted by Crippen LogP contribution is 2.20. The molecule has 166 valence electrons. The molecule has 1 aliphatic heterocycles. The third-order valence-corrected chi connectivity index (χ3v) is 5.43. The topological polar surface area (TPSA) is 81.6 Å². The van der Waals surface area contributed by atoms with Crippen molar-refractivity contribution in [3.8, 4) is 0 Å². The number of rotatable bonds is 7. The lowest BCUT2D eigenvalue weighted by atomic mass is 10.1. The first-order valence-corrected chi connectivity index (χ1v) is 10.7. The van der Waals surface area contributed by atoms with Crippen molar-refractivity contribution in [2.75, 3.05) is 25.0 Å². The van der Waals surface area contributed by atoms with Crippen molar-refractivity contribution < 1.29 is 9.18 Å². The molecule has 2 unspecified atom stereocenters. The Balaban J connectivity index is 1.53. The lowest BCUT2D eigenvalue weighted by Gasteiger charge is -2.20. The van der Waals surface area contributed by atoms with Crippen molar-refractivity contribution in [2.24, 2.45) is 4.99 Å². The van der Waals surface area contributed by atoms with Gasteiger partial charge in [-0.3, -0.25) is 9.79 Å². The second-order valence-electron chi connectivity index (χ2n) is 7.79. The van der Waals surface area contributed by atoms with E-state index in [-0.39, 0.29) is 23.8 Å². The van der Waals surface area contributed by atoms with E-state index >= 15 is 0 Å². The van der Waals surface area contributed by atoms with Crippen molar-refractivity contribution in [1.82, 2.24) is 20.9 Å². The molecule has 2 aromatic rings. The zero-order valence-electron chi connectivity index (χ0n) is 18.4. The van der Waals surface area contributed by atoms with Gasteiger partial charge in [-0.25, -0.2) is 9.37 Å². The van der Waals surface area contributed by atoms with E-state index in [1.54, 1.807) is 19.3 Å². The van der Waals surface area contributed by atoms with Gasteiger partial charge in [-0.2, -0.15) is 0 Å². The third kappa shape index (κ3) is 6.16. The van der Waals surface area contributed by atoms with Crippen LogP contribution in [0.2, 0.25) is 0 Å². The van der Waals surface area contributed by atoms with Crippen LogP contribution in [-0.4, -0.2) is 49.1 Å². The van der Waals surface area contributed by atoms with E-state index in [1.165, 1.54) is 6.07 Å². The first-order chi connectivity index (χ1) is 15.0. The highest BCUT2D eigenvalue weighted by atomic mass is 19.1. The van der Waals surface area contributed by atoms with E-state index in [0.717, 1.165) is 24.9 Å². The molecule has 0 aliphatic carbocycles. The van der Waals surface area contributed by atoms with Gasteiger partial charge in [0, 0.05) is 50.5 Å². The van der Waals surface area contributed by atoms with Crippen LogP contribution in [0.5, 0.6) is 0 Å². The summed E-state index contributed by atoms with van der Waals surface area (Å²) in [7, 11) is 1.72. The monoisotopic (exact) mass is 426 g/mol. The van der Waals surface area contributed by atoms with Crippen LogP contribution in [0.3, 0.4) is 0 Å². The first-order valence-electron chi connectivity index (χ1n) is 10.7. The number of guanidine groups is 1. The fraction of sp³-hybridized carbons (Fsp3) is 0.435. The fourth-order valence-electron chi connectivity index (χ4n) is 3.49. The third-order valence-electron chi connectivity index (χ3n) is 5.43. The molecule has 3 N–H and O–H groups in total. The standard InChI is InChI=1S/C23H31FN6O/c1-4-16(2)28-22(31)18-8-5-7-17(13-18)14-27-23(25-3)29-19-10-12-30(15-19)21-20(24)9-6-11-26-21/h5-9,11,13,16,19H,4,10,12,14-15H2,1-3H3,(H,28,31)(H2,25,27,29). The Morgan fingerprint density at radius 3 is 2.94 bits per heavy atom. The molecule has 0 radical (unpaired) electrons. The Kier molecular flexibility index (Phi) is 7.81. The number of carbonyl (C=O) groups is 1. The Morgan fingerprint density at radius 2 is 2.19 bits per heavy atom. The summed E-state index contributed by atoms with van der Waals surface area (Å²) in [6, 6.07) is 10.9. The van der Waals surface area contributed by atoms with Gasteiger partial charge in [-0.1, -0.05) is 19.1 Å². The summed E-state index contributed by atoms with van der Waals surface area (Å²) in [6.45, 7) is 5.96. The summed E-state index contributed by atoms with van der Waals surface area (Å²) in [6.07, 6.45) is 3.36. The van der Waals surface area contributed by atoms with Crippen LogP contribution < -0.4 is 20.9 Å². The molecule has 0 bridgehead atoms. The van der Waals surface area contributed by atoms with E-state index in [0.29, 0.717) is 30.4 Å². The van der Waals surface area contributed by atoms with E-state index in [4.69, 9.17) is 0 Å². The molecule has 1 aromatic carbocycles. The van der Waals surface area contributed by atoms with Gasteiger partial charge < -0.3 is 20.9 Å². The molecule has 0 saturated carbocycles. The van der Waals surface area contributed by atoms with Crippen molar-refractivity contribution in [2.45, 2.75) is 45.3 Å². The predicted molar refractivity (Wildman–Crippen MR) is 122 cm³/mol. The largest absolute Gasteiger partial charge is 0.352 e. The highest BCUT2D eigenvalue weighted by Gasteiger charge is 2.25. The molecule has 31 heavy (non-hydrogen) atoms. The van der Waals surface area contributed by atoms with E-state index < -0.39 is 0 Å². The molecule has 1 saturated heterocycles. The van der Waals surface area contributed by atoms with Crippen LogP contribution in [0, 0.1) is 5.82 Å². The minimum absolute atomic E-state index is 0.0634. The van der Waals surface area contributed by atoms with Crippen LogP contribution in [0.4, 0.5) is 10.2 Å². The lowest BCUT2D eigenvalue weighted by Crippen LogP contribution is -2.44. The van der Waals surface area contributed by atoms with Gasteiger partial charge in [-0.15, -0.1) is 0 Å². The van der Waals surface area contributed by atoms with Crippen molar-refractivity contribution >= 4 is 17.7 Å². The van der Waals surface area contributed by atoms with E-state index in [9.17, 15) is 9.18 Å². The number of carbonyl (C=O) groups excluding carboxylic acids is 1. The normalized spacial score (nSPS) is 17.4. The molecule has 2 heterocycles. The summed E-state index contributed by atoms with van der Waals surface area (Å²) in [5, 5.41) is 9.68. The number of pyridine rings is 1. The summed E-state index contributed by atoms with van der Waals surface area (Å²) in [5.41, 5.74) is 1.63. The highest BCUT2D eigenvalue weighted by molar-refractivity contribution is 5.94. The molecule has 1 aromatic heterocycles. The van der Waals surface area contributed by atoms with Gasteiger partial charge in [0.2, 0.25) is 0 Å². The zero-order chi connectivity index (χ0) is 22.2. The Morgan fingerprint density at radius 1 is 1.35 bits per heavy atom. The maximum Gasteiger partial charge on any atom is 0.251 e. The summed E-state index contributed by atoms with van der Waals surface area (Å²) >= 11 is 0. The molecule has 8 heteroatoms. The van der Waals surface area contributed by atoms with Gasteiger partial charge in [0.1, 0.15) is 0 Å². The number of aromatic nitrogens is 1. The van der Waals surface area contributed by atoms with Gasteiger partial charge in [0.15, 0.2) is 17.6 Å². The van der Waals surface area contributed by atoms with Crippen molar-refractivity contribution in [1.29, 1.82) is 0 Å². The van der Waals surface area contributed by atoms with Crippen LogP contribution >= 0.6 is 0 Å². The number of nitrogens with one attached hydrogen (secondary N) is 3. The first kappa shape index (κ1) is 22.5. The second kappa shape index (κ2) is 10.7. The number of nitrogens with zero attached hydrogens (tertiary/aromatic N) is 3. The molecule has 1 aliphatic rings. The average molecular weight is 427 g/mol. The molecule has 7 nitrogen and oxygen atoms in total. The van der Waals surface area contributed by atoms with Gasteiger partial charge in [0.05, 0.1) is 0 Å². The average Bonchev–Trinajstić information content (AvgIpc) is 3.25. The SMILES string of the molecule is CCC(C)NC(=O)c1cccc(CNC(=NC)NC2CCN(c3ncccc3F)C2)c1. The number of hydrogen-bond donors (Lipinski definition) is 3. The second-order valence-corrected chi connectivity index (χ2v) is 7.79. The molecule has 1 amide bonds. The van der Waals surface area contributed by atoms with Crippen LogP contribution in [-0.2, 0) is 6.54 Å². The summed E-state index contributed by atoms with van der Waals surface area (Å²) in [4.78, 5) is 22.8. The van der Waals surface area contributed by atoms with Crippen LogP contribution in [0.15, 0.2) is 47.6 Å². The van der Waals surface area contributed by atoms with Gasteiger partial charge in [-0.05, 0) is 49.6 Å². The van der Waals surface area contributed by atoms with Crippen LogP contribution in [0.1, 0.15) is 42.6 Å². The molecule has 2 atom stereocenters. The maximum absolute atomic E-state index is 14.0. The molecule has 3 rings (SSSR count). The Labute approximate surface area is 183 Å². The Hall–Kier alpha value is -3.16. The zero-order valence-corrected chi connectivity index (χ0v) is 18.4. The molecular formula is C23H31FN6O. The van der Waals surface area contributed by atoms with Gasteiger partial charge in [0.25, 0.3) is 5.91 Å². The minimum atomic E-state index is -0.303. The number of benzene rings is 1. The van der Waals surface area contributed by atoms with Crippen LogP contribution in [0.25, 0.3) is 0 Å². The molecule has 0 spiro atoms. The van der Waals surface area contributed by atoms with Crippen molar-refractivity contribution in [3.05, 3.63) is 59.5 Å². The van der Waals surface area contributed by atoms with Gasteiger partial charge >= 0.3 is 0 Å². The van der Waals surface area contributed by atoms with E-state index in [2.05, 4.69) is 25.9 Å².